The molecule has 0 aliphatic rings. The van der Waals surface area contributed by atoms with Gasteiger partial charge in [0.05, 0.1) is 25.4 Å². The number of carboxylic acids is 1. The van der Waals surface area contributed by atoms with Crippen molar-refractivity contribution in [3.63, 3.8) is 0 Å². The van der Waals surface area contributed by atoms with Crippen LogP contribution in [0, 0.1) is 0 Å². The Morgan fingerprint density at radius 3 is 2.52 bits per heavy atom. The molecule has 9 nitrogen and oxygen atoms in total. The van der Waals surface area contributed by atoms with Crippen LogP contribution < -0.4 is 10.1 Å². The number of imidazole rings is 1. The summed E-state index contributed by atoms with van der Waals surface area (Å²) < 4.78 is 9.96. The van der Waals surface area contributed by atoms with Crippen molar-refractivity contribution < 1.29 is 14.6 Å². The number of ether oxygens (including phenoxy) is 1. The van der Waals surface area contributed by atoms with Gasteiger partial charge >= 0.3 is 5.97 Å². The molecule has 0 saturated heterocycles. The Morgan fingerprint density at radius 1 is 1.07 bits per heavy atom. The number of hydrogen-bond donors (Lipinski definition) is 2. The fourth-order valence-corrected chi connectivity index (χ4v) is 5.81. The van der Waals surface area contributed by atoms with E-state index >= 15 is 0 Å². The first-order valence-electron chi connectivity index (χ1n) is 14.1. The zero-order valence-electron chi connectivity index (χ0n) is 24.3. The highest BCUT2D eigenvalue weighted by Gasteiger charge is 2.18. The van der Waals surface area contributed by atoms with Gasteiger partial charge in [-0.2, -0.15) is 0 Å². The molecule has 0 fully saturated rings. The Bertz CT molecular complexity index is 1710. The summed E-state index contributed by atoms with van der Waals surface area (Å²) in [5.41, 5.74) is 3.89. The summed E-state index contributed by atoms with van der Waals surface area (Å²) in [6.45, 7) is 3.32. The molecular weight excluding hydrogens is 619 g/mol. The van der Waals surface area contributed by atoms with Crippen LogP contribution in [0.3, 0.4) is 0 Å². The van der Waals surface area contributed by atoms with Crippen LogP contribution in [0.25, 0.3) is 0 Å². The maximum atomic E-state index is 11.5. The minimum atomic E-state index is -0.812. The lowest BCUT2D eigenvalue weighted by Crippen LogP contribution is -2.10. The second kappa shape index (κ2) is 14.7. The van der Waals surface area contributed by atoms with Crippen LogP contribution in [-0.2, 0) is 31.4 Å². The number of carbonyl (C=O) groups is 1. The van der Waals surface area contributed by atoms with E-state index in [9.17, 15) is 9.90 Å². The molecule has 0 radical (unpaired) electrons. The fourth-order valence-electron chi connectivity index (χ4n) is 4.67. The van der Waals surface area contributed by atoms with Gasteiger partial charge in [-0.05, 0) is 53.6 Å². The first kappa shape index (κ1) is 31.4. The van der Waals surface area contributed by atoms with Crippen LogP contribution in [0.2, 0.25) is 10.3 Å². The van der Waals surface area contributed by atoms with Crippen LogP contribution in [-0.4, -0.2) is 42.0 Å². The summed E-state index contributed by atoms with van der Waals surface area (Å²) in [5, 5.41) is 23.0. The standard InChI is InChI=1S/C32H32Cl2N6O3S/c1-3-26(31(41)42)22-9-12-24(13-10-22)35-18-23-11-14-25(17-27(23)43-16-15-21-7-5-4-6-8-21)44-32-38-37-28(39(32)2)19-40-20-36-29(33)30(40)34/h4-14,17,20,26,35H,3,15-16,18-19H2,1-2H3,(H,41,42). The second-order valence-electron chi connectivity index (χ2n) is 10.1. The maximum absolute atomic E-state index is 11.5. The molecular formula is C32H32Cl2N6O3S. The summed E-state index contributed by atoms with van der Waals surface area (Å²) in [6, 6.07) is 23.9. The highest BCUT2D eigenvalue weighted by Crippen LogP contribution is 2.32. The van der Waals surface area contributed by atoms with E-state index < -0.39 is 11.9 Å². The minimum absolute atomic E-state index is 0.248. The molecule has 44 heavy (non-hydrogen) atoms. The SMILES string of the molecule is CCC(C(=O)O)c1ccc(NCc2ccc(Sc3nnc(Cn4cnc(Cl)c4Cl)n3C)cc2OCCc2ccccc2)cc1. The number of benzene rings is 3. The number of aromatic nitrogens is 5. The van der Waals surface area contributed by atoms with Crippen molar-refractivity contribution in [3.05, 3.63) is 112 Å². The molecule has 3 aromatic carbocycles. The van der Waals surface area contributed by atoms with Crippen LogP contribution in [0.5, 0.6) is 5.75 Å². The molecule has 0 amide bonds. The number of carboxylic acid groups (broad SMARTS) is 1. The quantitative estimate of drug-likeness (QED) is 0.129. The molecule has 1 atom stereocenters. The number of halogens is 2. The molecule has 0 aliphatic heterocycles. The third kappa shape index (κ3) is 7.74. The van der Waals surface area contributed by atoms with Crippen LogP contribution >= 0.6 is 35.0 Å². The second-order valence-corrected chi connectivity index (χ2v) is 11.9. The highest BCUT2D eigenvalue weighted by molar-refractivity contribution is 7.99. The topological polar surface area (TPSA) is 107 Å². The molecule has 2 N–H and O–H groups in total. The van der Waals surface area contributed by atoms with Gasteiger partial charge in [0.15, 0.2) is 16.1 Å². The summed E-state index contributed by atoms with van der Waals surface area (Å²) in [4.78, 5) is 16.5. The molecule has 5 rings (SSSR count). The Morgan fingerprint density at radius 2 is 1.84 bits per heavy atom. The molecule has 2 aromatic heterocycles. The third-order valence-corrected chi connectivity index (χ3v) is 9.01. The van der Waals surface area contributed by atoms with Gasteiger partial charge in [-0.15, -0.1) is 10.2 Å². The Kier molecular flexibility index (Phi) is 10.5. The van der Waals surface area contributed by atoms with E-state index in [-0.39, 0.29) is 5.15 Å². The van der Waals surface area contributed by atoms with Gasteiger partial charge in [-0.1, -0.05) is 78.7 Å². The first-order chi connectivity index (χ1) is 21.3. The van der Waals surface area contributed by atoms with E-state index in [0.29, 0.717) is 37.1 Å². The lowest BCUT2D eigenvalue weighted by Gasteiger charge is -2.15. The molecule has 2 heterocycles. The zero-order valence-corrected chi connectivity index (χ0v) is 26.6. The van der Waals surface area contributed by atoms with Crippen molar-refractivity contribution in [1.29, 1.82) is 0 Å². The van der Waals surface area contributed by atoms with Crippen molar-refractivity contribution in [1.82, 2.24) is 24.3 Å². The maximum Gasteiger partial charge on any atom is 0.310 e. The molecule has 228 valence electrons. The molecule has 0 spiro atoms. The predicted molar refractivity (Wildman–Crippen MR) is 173 cm³/mol. The molecule has 0 bridgehead atoms. The van der Waals surface area contributed by atoms with Crippen molar-refractivity contribution in [2.24, 2.45) is 7.05 Å². The minimum Gasteiger partial charge on any atom is -0.493 e. The average molecular weight is 652 g/mol. The van der Waals surface area contributed by atoms with Crippen molar-refractivity contribution in [2.75, 3.05) is 11.9 Å². The normalized spacial score (nSPS) is 11.8. The predicted octanol–water partition coefficient (Wildman–Crippen LogP) is 7.33. The number of hydrogen-bond acceptors (Lipinski definition) is 7. The number of aliphatic carboxylic acids is 1. The van der Waals surface area contributed by atoms with Crippen LogP contribution in [0.4, 0.5) is 5.69 Å². The molecule has 1 unspecified atom stereocenters. The van der Waals surface area contributed by atoms with Gasteiger partial charge in [0.25, 0.3) is 0 Å². The summed E-state index contributed by atoms with van der Waals surface area (Å²) in [7, 11) is 1.91. The van der Waals surface area contributed by atoms with Crippen molar-refractivity contribution in [3.8, 4) is 5.75 Å². The van der Waals surface area contributed by atoms with Crippen LogP contribution in [0.1, 0.15) is 41.8 Å². The summed E-state index contributed by atoms with van der Waals surface area (Å²) in [5.74, 6) is 0.164. The van der Waals surface area contributed by atoms with Crippen molar-refractivity contribution >= 4 is 46.6 Å². The Balaban J connectivity index is 1.31. The van der Waals surface area contributed by atoms with Gasteiger partial charge in [0.2, 0.25) is 0 Å². The lowest BCUT2D eigenvalue weighted by molar-refractivity contribution is -0.138. The Hall–Kier alpha value is -3.99. The van der Waals surface area contributed by atoms with Gasteiger partial charge < -0.3 is 24.3 Å². The fraction of sp³-hybridized carbons (Fsp3) is 0.250. The number of nitrogens with one attached hydrogen (secondary N) is 1. The van der Waals surface area contributed by atoms with Gasteiger partial charge in [-0.3, -0.25) is 4.79 Å². The third-order valence-electron chi connectivity index (χ3n) is 7.21. The number of anilines is 1. The van der Waals surface area contributed by atoms with E-state index in [1.165, 1.54) is 17.3 Å². The molecule has 5 aromatic rings. The molecule has 0 aliphatic carbocycles. The first-order valence-corrected chi connectivity index (χ1v) is 15.7. The van der Waals surface area contributed by atoms with E-state index in [2.05, 4.69) is 32.6 Å². The van der Waals surface area contributed by atoms with Gasteiger partial charge in [-0.25, -0.2) is 4.98 Å². The highest BCUT2D eigenvalue weighted by atomic mass is 35.5. The smallest absolute Gasteiger partial charge is 0.310 e. The van der Waals surface area contributed by atoms with E-state index in [4.69, 9.17) is 27.9 Å². The molecule has 12 heteroatoms. The molecule has 0 saturated carbocycles. The van der Waals surface area contributed by atoms with Crippen molar-refractivity contribution in [2.45, 2.75) is 48.8 Å². The van der Waals surface area contributed by atoms with Gasteiger partial charge in [0.1, 0.15) is 10.9 Å². The number of rotatable bonds is 14. The zero-order chi connectivity index (χ0) is 31.1. The van der Waals surface area contributed by atoms with E-state index in [1.54, 1.807) is 10.9 Å². The average Bonchev–Trinajstić information content (AvgIpc) is 3.53. The summed E-state index contributed by atoms with van der Waals surface area (Å²) in [6.07, 6.45) is 2.89. The summed E-state index contributed by atoms with van der Waals surface area (Å²) >= 11 is 13.7. The Labute approximate surface area is 270 Å². The van der Waals surface area contributed by atoms with E-state index in [0.717, 1.165) is 39.0 Å². The lowest BCUT2D eigenvalue weighted by atomic mass is 9.96. The van der Waals surface area contributed by atoms with E-state index in [1.807, 2.05) is 79.2 Å². The largest absolute Gasteiger partial charge is 0.493 e. The number of nitrogens with zero attached hydrogens (tertiary/aromatic N) is 5. The van der Waals surface area contributed by atoms with Gasteiger partial charge in [0, 0.05) is 36.2 Å². The van der Waals surface area contributed by atoms with Crippen LogP contribution in [0.15, 0.2) is 89.2 Å². The monoisotopic (exact) mass is 650 g/mol.